The zero-order valence-corrected chi connectivity index (χ0v) is 14.5. The molecule has 5 nitrogen and oxygen atoms in total. The highest BCUT2D eigenvalue weighted by atomic mass is 35.5. The molecule has 1 aliphatic rings. The van der Waals surface area contributed by atoms with Crippen molar-refractivity contribution in [2.24, 2.45) is 0 Å². The third-order valence-corrected chi connectivity index (χ3v) is 5.90. The van der Waals surface area contributed by atoms with E-state index in [1.807, 2.05) is 0 Å². The summed E-state index contributed by atoms with van der Waals surface area (Å²) in [5, 5.41) is 5.59. The van der Waals surface area contributed by atoms with Gasteiger partial charge in [-0.15, -0.1) is 12.4 Å². The Bertz CT molecular complexity index is 611. The van der Waals surface area contributed by atoms with E-state index in [1.54, 1.807) is 32.0 Å². The molecule has 7 heteroatoms. The molecule has 1 saturated heterocycles. The number of nitrogens with one attached hydrogen (secondary N) is 2. The van der Waals surface area contributed by atoms with Crippen LogP contribution in [0.2, 0.25) is 0 Å². The third-order valence-electron chi connectivity index (χ3n) is 3.69. The molecule has 124 valence electrons. The highest BCUT2D eigenvalue weighted by Gasteiger charge is 2.26. The zero-order chi connectivity index (χ0) is 15.5. The van der Waals surface area contributed by atoms with Crippen LogP contribution < -0.4 is 10.6 Å². The van der Waals surface area contributed by atoms with Crippen molar-refractivity contribution in [1.82, 2.24) is 10.6 Å². The molecule has 1 unspecified atom stereocenters. The van der Waals surface area contributed by atoms with Crippen molar-refractivity contribution >= 4 is 28.2 Å². The third kappa shape index (κ3) is 4.21. The highest BCUT2D eigenvalue weighted by Crippen LogP contribution is 2.20. The first kappa shape index (κ1) is 18.9. The minimum Gasteiger partial charge on any atom is -0.348 e. The van der Waals surface area contributed by atoms with Crippen LogP contribution in [0.15, 0.2) is 29.2 Å². The maximum absolute atomic E-state index is 12.4. The molecule has 0 aliphatic carbocycles. The lowest BCUT2D eigenvalue weighted by atomic mass is 10.1. The van der Waals surface area contributed by atoms with Crippen LogP contribution >= 0.6 is 12.4 Å². The number of rotatable bonds is 4. The Balaban J connectivity index is 0.00000242. The van der Waals surface area contributed by atoms with E-state index in [4.69, 9.17) is 0 Å². The molecule has 2 N–H and O–H groups in total. The maximum atomic E-state index is 12.4. The largest absolute Gasteiger partial charge is 0.348 e. The smallest absolute Gasteiger partial charge is 0.252 e. The molecule has 1 heterocycles. The van der Waals surface area contributed by atoms with Crippen LogP contribution in [0.4, 0.5) is 0 Å². The first-order valence-corrected chi connectivity index (χ1v) is 8.82. The Morgan fingerprint density at radius 2 is 2.00 bits per heavy atom. The minimum atomic E-state index is -3.47. The van der Waals surface area contributed by atoms with Gasteiger partial charge < -0.3 is 10.6 Å². The highest BCUT2D eigenvalue weighted by molar-refractivity contribution is 7.92. The van der Waals surface area contributed by atoms with Gasteiger partial charge in [-0.05, 0) is 45.4 Å². The van der Waals surface area contributed by atoms with Crippen LogP contribution in [0.5, 0.6) is 0 Å². The van der Waals surface area contributed by atoms with Gasteiger partial charge in [0.2, 0.25) is 0 Å². The number of hydrogen-bond donors (Lipinski definition) is 2. The van der Waals surface area contributed by atoms with E-state index in [0.29, 0.717) is 0 Å². The van der Waals surface area contributed by atoms with Gasteiger partial charge in [0.15, 0.2) is 9.84 Å². The second-order valence-corrected chi connectivity index (χ2v) is 8.08. The number of hydrogen-bond acceptors (Lipinski definition) is 4. The average Bonchev–Trinajstić information content (AvgIpc) is 2.48. The van der Waals surface area contributed by atoms with E-state index in [2.05, 4.69) is 10.6 Å². The number of halogens is 1. The van der Waals surface area contributed by atoms with Gasteiger partial charge in [-0.25, -0.2) is 8.42 Å². The molecule has 1 aromatic carbocycles. The SMILES string of the molecule is CC(C)S(=O)(=O)c1ccccc1C(=O)NC1CCCNC1.Cl. The quantitative estimate of drug-likeness (QED) is 0.871. The van der Waals surface area contributed by atoms with E-state index in [1.165, 1.54) is 6.07 Å². The van der Waals surface area contributed by atoms with Gasteiger partial charge in [-0.3, -0.25) is 4.79 Å². The number of carbonyl (C=O) groups is 1. The molecule has 1 amide bonds. The summed E-state index contributed by atoms with van der Waals surface area (Å²) in [6.45, 7) is 4.93. The Hall–Kier alpha value is -1.11. The van der Waals surface area contributed by atoms with Gasteiger partial charge in [0.05, 0.1) is 15.7 Å². The molecule has 1 atom stereocenters. The van der Waals surface area contributed by atoms with Crippen LogP contribution in [-0.4, -0.2) is 38.7 Å². The Morgan fingerprint density at radius 1 is 1.32 bits per heavy atom. The Kier molecular flexibility index (Phi) is 6.84. The summed E-state index contributed by atoms with van der Waals surface area (Å²) in [5.41, 5.74) is 0.233. The summed E-state index contributed by atoms with van der Waals surface area (Å²) in [6, 6.07) is 6.47. The predicted molar refractivity (Wildman–Crippen MR) is 89.4 cm³/mol. The fraction of sp³-hybridized carbons (Fsp3) is 0.533. The van der Waals surface area contributed by atoms with Gasteiger partial charge >= 0.3 is 0 Å². The summed E-state index contributed by atoms with van der Waals surface area (Å²) in [5.74, 6) is -0.316. The Morgan fingerprint density at radius 3 is 2.59 bits per heavy atom. The van der Waals surface area contributed by atoms with Gasteiger partial charge in [0.25, 0.3) is 5.91 Å². The van der Waals surface area contributed by atoms with Crippen LogP contribution in [0.25, 0.3) is 0 Å². The molecule has 1 aliphatic heterocycles. The number of amides is 1. The lowest BCUT2D eigenvalue weighted by Gasteiger charge is -2.24. The molecule has 1 aromatic rings. The van der Waals surface area contributed by atoms with Crippen molar-refractivity contribution in [1.29, 1.82) is 0 Å². The molecule has 0 radical (unpaired) electrons. The standard InChI is InChI=1S/C15H22N2O3S.ClH/c1-11(2)21(19,20)14-8-4-3-7-13(14)15(18)17-12-6-5-9-16-10-12;/h3-4,7-8,11-12,16H,5-6,9-10H2,1-2H3,(H,17,18);1H. The van der Waals surface area contributed by atoms with E-state index in [9.17, 15) is 13.2 Å². The monoisotopic (exact) mass is 346 g/mol. The van der Waals surface area contributed by atoms with Crippen molar-refractivity contribution in [3.8, 4) is 0 Å². The molecular formula is C15H23ClN2O3S. The average molecular weight is 347 g/mol. The lowest BCUT2D eigenvalue weighted by Crippen LogP contribution is -2.45. The predicted octanol–water partition coefficient (Wildman–Crippen LogP) is 1.77. The molecule has 2 rings (SSSR count). The fourth-order valence-corrected chi connectivity index (χ4v) is 3.64. The summed E-state index contributed by atoms with van der Waals surface area (Å²) in [4.78, 5) is 12.5. The van der Waals surface area contributed by atoms with E-state index < -0.39 is 15.1 Å². The molecular weight excluding hydrogens is 324 g/mol. The van der Waals surface area contributed by atoms with Gasteiger partial charge in [-0.1, -0.05) is 12.1 Å². The summed E-state index contributed by atoms with van der Waals surface area (Å²) in [7, 11) is -3.47. The molecule has 22 heavy (non-hydrogen) atoms. The van der Waals surface area contributed by atoms with Gasteiger partial charge in [-0.2, -0.15) is 0 Å². The number of benzene rings is 1. The van der Waals surface area contributed by atoms with Gasteiger partial charge in [0, 0.05) is 12.6 Å². The number of piperidine rings is 1. The van der Waals surface area contributed by atoms with Crippen molar-refractivity contribution in [3.63, 3.8) is 0 Å². The van der Waals surface area contributed by atoms with Gasteiger partial charge in [0.1, 0.15) is 0 Å². The van der Waals surface area contributed by atoms with E-state index in [-0.39, 0.29) is 34.8 Å². The van der Waals surface area contributed by atoms with E-state index in [0.717, 1.165) is 25.9 Å². The molecule has 0 spiro atoms. The second kappa shape index (κ2) is 7.94. The lowest BCUT2D eigenvalue weighted by molar-refractivity contribution is 0.0927. The van der Waals surface area contributed by atoms with Crippen molar-refractivity contribution in [2.45, 2.75) is 42.9 Å². The number of carbonyl (C=O) groups excluding carboxylic acids is 1. The molecule has 1 fully saturated rings. The Labute approximate surface area is 138 Å². The number of sulfone groups is 1. The van der Waals surface area contributed by atoms with Crippen molar-refractivity contribution < 1.29 is 13.2 Å². The fourth-order valence-electron chi connectivity index (χ4n) is 2.39. The van der Waals surface area contributed by atoms with Crippen LogP contribution in [0.1, 0.15) is 37.0 Å². The molecule has 0 bridgehead atoms. The summed E-state index contributed by atoms with van der Waals surface area (Å²) in [6.07, 6.45) is 1.93. The normalized spacial score (nSPS) is 18.6. The second-order valence-electron chi connectivity index (χ2n) is 5.61. The maximum Gasteiger partial charge on any atom is 0.252 e. The van der Waals surface area contributed by atoms with Crippen LogP contribution in [0.3, 0.4) is 0 Å². The van der Waals surface area contributed by atoms with Crippen LogP contribution in [0, 0.1) is 0 Å². The minimum absolute atomic E-state index is 0. The molecule has 0 saturated carbocycles. The van der Waals surface area contributed by atoms with Crippen LogP contribution in [-0.2, 0) is 9.84 Å². The topological polar surface area (TPSA) is 75.3 Å². The summed E-state index contributed by atoms with van der Waals surface area (Å²) >= 11 is 0. The summed E-state index contributed by atoms with van der Waals surface area (Å²) < 4.78 is 24.7. The van der Waals surface area contributed by atoms with Crippen molar-refractivity contribution in [3.05, 3.63) is 29.8 Å². The zero-order valence-electron chi connectivity index (χ0n) is 12.8. The molecule has 0 aromatic heterocycles. The first-order valence-electron chi connectivity index (χ1n) is 7.27. The first-order chi connectivity index (χ1) is 9.93. The van der Waals surface area contributed by atoms with E-state index >= 15 is 0 Å². The van der Waals surface area contributed by atoms with Crippen molar-refractivity contribution in [2.75, 3.05) is 13.1 Å².